The molecule has 0 aromatic heterocycles. The number of nitrogens with zero attached hydrogens (tertiary/aromatic N) is 2. The van der Waals surface area contributed by atoms with Gasteiger partial charge in [-0.05, 0) is 57.1 Å². The Morgan fingerprint density at radius 2 is 1.81 bits per heavy atom. The minimum Gasteiger partial charge on any atom is -0.381 e. The summed E-state index contributed by atoms with van der Waals surface area (Å²) in [6.07, 6.45) is 4.67. The summed E-state index contributed by atoms with van der Waals surface area (Å²) in [6.45, 7) is 7.96. The number of ether oxygens (including phenoxy) is 2. The molecular weight excluding hydrogens is 408 g/mol. The van der Waals surface area contributed by atoms with Crippen molar-refractivity contribution < 1.29 is 19.1 Å². The molecule has 2 aliphatic rings. The Morgan fingerprint density at radius 1 is 1.09 bits per heavy atom. The second-order valence-electron chi connectivity index (χ2n) is 8.19. The van der Waals surface area contributed by atoms with Crippen LogP contribution in [0.2, 0.25) is 0 Å². The fraction of sp³-hybridized carbons (Fsp3) is 0.625. The molecule has 2 amide bonds. The Morgan fingerprint density at radius 3 is 2.50 bits per heavy atom. The third-order valence-corrected chi connectivity index (χ3v) is 5.73. The molecule has 1 saturated heterocycles. The molecule has 0 unspecified atom stereocenters. The molecule has 0 saturated carbocycles. The Balaban J connectivity index is 1.28. The van der Waals surface area contributed by atoms with Crippen LogP contribution >= 0.6 is 0 Å². The molecule has 1 aromatic carbocycles. The van der Waals surface area contributed by atoms with E-state index in [4.69, 9.17) is 9.47 Å². The van der Waals surface area contributed by atoms with Gasteiger partial charge in [-0.1, -0.05) is 12.1 Å². The van der Waals surface area contributed by atoms with Crippen molar-refractivity contribution in [2.24, 2.45) is 10.9 Å². The van der Waals surface area contributed by atoms with Gasteiger partial charge in [-0.3, -0.25) is 19.5 Å². The number of guanidine groups is 1. The largest absolute Gasteiger partial charge is 0.381 e. The van der Waals surface area contributed by atoms with Crippen LogP contribution in [0.1, 0.15) is 59.7 Å². The van der Waals surface area contributed by atoms with Gasteiger partial charge in [0.25, 0.3) is 11.8 Å². The summed E-state index contributed by atoms with van der Waals surface area (Å²) in [6, 6.07) is 7.01. The molecule has 0 bridgehead atoms. The van der Waals surface area contributed by atoms with Crippen LogP contribution in [0.4, 0.5) is 0 Å². The van der Waals surface area contributed by atoms with Crippen molar-refractivity contribution in [1.29, 1.82) is 0 Å². The Bertz CT molecular complexity index is 742. The number of benzene rings is 1. The zero-order valence-corrected chi connectivity index (χ0v) is 19.1. The second-order valence-corrected chi connectivity index (χ2v) is 8.19. The number of hydrogen-bond acceptors (Lipinski definition) is 5. The molecule has 1 aromatic rings. The van der Waals surface area contributed by atoms with Gasteiger partial charge in [-0.2, -0.15) is 0 Å². The fourth-order valence-corrected chi connectivity index (χ4v) is 3.91. The number of rotatable bonds is 12. The number of hydrogen-bond donors (Lipinski definition) is 2. The van der Waals surface area contributed by atoms with E-state index in [0.717, 1.165) is 77.6 Å². The van der Waals surface area contributed by atoms with Crippen LogP contribution in [0.5, 0.6) is 0 Å². The van der Waals surface area contributed by atoms with Crippen molar-refractivity contribution in [3.8, 4) is 0 Å². The van der Waals surface area contributed by atoms with Crippen molar-refractivity contribution in [3.63, 3.8) is 0 Å². The number of fused-ring (bicyclic) bond motifs is 1. The van der Waals surface area contributed by atoms with Crippen LogP contribution < -0.4 is 10.6 Å². The third kappa shape index (κ3) is 7.03. The van der Waals surface area contributed by atoms with E-state index in [-0.39, 0.29) is 11.8 Å². The van der Waals surface area contributed by atoms with Crippen LogP contribution in [0.25, 0.3) is 0 Å². The summed E-state index contributed by atoms with van der Waals surface area (Å²) in [4.78, 5) is 30.7. The van der Waals surface area contributed by atoms with Crippen LogP contribution in [0.15, 0.2) is 29.3 Å². The van der Waals surface area contributed by atoms with Gasteiger partial charge in [0.2, 0.25) is 0 Å². The summed E-state index contributed by atoms with van der Waals surface area (Å²) >= 11 is 0. The van der Waals surface area contributed by atoms with E-state index in [9.17, 15) is 9.59 Å². The van der Waals surface area contributed by atoms with E-state index in [2.05, 4.69) is 15.6 Å². The minimum absolute atomic E-state index is 0.188. The highest BCUT2D eigenvalue weighted by atomic mass is 16.5. The lowest BCUT2D eigenvalue weighted by atomic mass is 10.0. The second kappa shape index (κ2) is 13.2. The highest BCUT2D eigenvalue weighted by Crippen LogP contribution is 2.22. The van der Waals surface area contributed by atoms with Gasteiger partial charge in [0.1, 0.15) is 0 Å². The third-order valence-electron chi connectivity index (χ3n) is 5.73. The molecule has 176 valence electrons. The maximum absolute atomic E-state index is 12.4. The normalized spacial score (nSPS) is 17.0. The van der Waals surface area contributed by atoms with E-state index in [0.29, 0.717) is 30.1 Å². The van der Waals surface area contributed by atoms with E-state index in [1.54, 1.807) is 24.3 Å². The number of unbranched alkanes of at least 4 members (excludes halogenated alkanes) is 1. The van der Waals surface area contributed by atoms with Crippen molar-refractivity contribution in [1.82, 2.24) is 15.5 Å². The Kier molecular flexibility index (Phi) is 9.97. The molecule has 2 aliphatic heterocycles. The Labute approximate surface area is 190 Å². The minimum atomic E-state index is -0.188. The predicted octanol–water partition coefficient (Wildman–Crippen LogP) is 2.45. The first-order valence-corrected chi connectivity index (χ1v) is 11.8. The standard InChI is InChI=1S/C24H36N4O4/c1-2-25-24(27-13-7-15-32-18-19-10-16-31-17-11-19)26-12-5-6-14-28-22(29)20-8-3-4-9-21(20)23(28)30/h3-4,8-9,19H,2,5-7,10-18H2,1H3,(H2,25,26,27). The number of carbonyl (C=O) groups is 2. The number of aliphatic imine (C=N–C) groups is 1. The van der Waals surface area contributed by atoms with Crippen LogP contribution in [-0.2, 0) is 9.47 Å². The summed E-state index contributed by atoms with van der Waals surface area (Å²) in [7, 11) is 0. The maximum atomic E-state index is 12.4. The van der Waals surface area contributed by atoms with Crippen molar-refractivity contribution >= 4 is 17.8 Å². The summed E-state index contributed by atoms with van der Waals surface area (Å²) in [5.41, 5.74) is 1.02. The molecule has 8 nitrogen and oxygen atoms in total. The average molecular weight is 445 g/mol. The molecule has 0 spiro atoms. The van der Waals surface area contributed by atoms with E-state index < -0.39 is 0 Å². The SMILES string of the molecule is CCNC(=NCCCOCC1CCOCC1)NCCCCN1C(=O)c2ccccc2C1=O. The molecule has 0 radical (unpaired) electrons. The monoisotopic (exact) mass is 444 g/mol. The molecule has 32 heavy (non-hydrogen) atoms. The van der Waals surface area contributed by atoms with Crippen molar-refractivity contribution in [2.45, 2.75) is 39.0 Å². The van der Waals surface area contributed by atoms with Crippen LogP contribution in [-0.4, -0.2) is 75.3 Å². The van der Waals surface area contributed by atoms with Gasteiger partial charge in [0.05, 0.1) is 11.1 Å². The lowest BCUT2D eigenvalue weighted by Crippen LogP contribution is -2.38. The molecule has 3 rings (SSSR count). The quantitative estimate of drug-likeness (QED) is 0.223. The van der Waals surface area contributed by atoms with Crippen LogP contribution in [0, 0.1) is 5.92 Å². The first-order chi connectivity index (χ1) is 15.7. The number of imide groups is 1. The Hall–Kier alpha value is -2.45. The molecule has 2 heterocycles. The molecule has 2 N–H and O–H groups in total. The van der Waals surface area contributed by atoms with E-state index in [1.165, 1.54) is 4.90 Å². The van der Waals surface area contributed by atoms with Gasteiger partial charge in [-0.25, -0.2) is 0 Å². The van der Waals surface area contributed by atoms with E-state index in [1.807, 2.05) is 6.92 Å². The molecule has 0 aliphatic carbocycles. The number of amides is 2. The highest BCUT2D eigenvalue weighted by Gasteiger charge is 2.34. The molecular formula is C24H36N4O4. The summed E-state index contributed by atoms with van der Waals surface area (Å²) in [5.74, 6) is 1.05. The predicted molar refractivity (Wildman–Crippen MR) is 124 cm³/mol. The average Bonchev–Trinajstić information content (AvgIpc) is 3.06. The molecule has 0 atom stereocenters. The van der Waals surface area contributed by atoms with E-state index >= 15 is 0 Å². The van der Waals surface area contributed by atoms with Crippen LogP contribution in [0.3, 0.4) is 0 Å². The molecule has 1 fully saturated rings. The van der Waals surface area contributed by atoms with Gasteiger partial charge in [0, 0.05) is 52.6 Å². The van der Waals surface area contributed by atoms with Crippen molar-refractivity contribution in [2.75, 3.05) is 52.6 Å². The number of carbonyl (C=O) groups excluding carboxylic acids is 2. The smallest absolute Gasteiger partial charge is 0.261 e. The van der Waals surface area contributed by atoms with Gasteiger partial charge >= 0.3 is 0 Å². The lowest BCUT2D eigenvalue weighted by Gasteiger charge is -2.21. The zero-order valence-electron chi connectivity index (χ0n) is 19.1. The first-order valence-electron chi connectivity index (χ1n) is 11.8. The lowest BCUT2D eigenvalue weighted by molar-refractivity contribution is 0.0205. The van der Waals surface area contributed by atoms with Gasteiger partial charge in [0.15, 0.2) is 5.96 Å². The molecule has 8 heteroatoms. The zero-order chi connectivity index (χ0) is 22.6. The summed E-state index contributed by atoms with van der Waals surface area (Å²) in [5, 5.41) is 6.57. The first kappa shape index (κ1) is 24.2. The van der Waals surface area contributed by atoms with Gasteiger partial charge < -0.3 is 20.1 Å². The summed E-state index contributed by atoms with van der Waals surface area (Å²) < 4.78 is 11.2. The fourth-order valence-electron chi connectivity index (χ4n) is 3.91. The maximum Gasteiger partial charge on any atom is 0.261 e. The topological polar surface area (TPSA) is 92.3 Å². The van der Waals surface area contributed by atoms with Crippen molar-refractivity contribution in [3.05, 3.63) is 35.4 Å². The van der Waals surface area contributed by atoms with Gasteiger partial charge in [-0.15, -0.1) is 0 Å². The number of nitrogens with one attached hydrogen (secondary N) is 2. The highest BCUT2D eigenvalue weighted by molar-refractivity contribution is 6.21.